The van der Waals surface area contributed by atoms with E-state index < -0.39 is 0 Å². The molecule has 0 bridgehead atoms. The predicted octanol–water partition coefficient (Wildman–Crippen LogP) is 1.92. The molecule has 1 atom stereocenters. The van der Waals surface area contributed by atoms with Crippen LogP contribution in [0.5, 0.6) is 0 Å². The third kappa shape index (κ3) is 7.11. The first kappa shape index (κ1) is 17.5. The molecule has 21 heavy (non-hydrogen) atoms. The van der Waals surface area contributed by atoms with Crippen molar-refractivity contribution in [3.63, 3.8) is 0 Å². The summed E-state index contributed by atoms with van der Waals surface area (Å²) < 4.78 is 10.3. The van der Waals surface area contributed by atoms with Crippen LogP contribution in [0.3, 0.4) is 0 Å². The Morgan fingerprint density at radius 2 is 2.00 bits per heavy atom. The highest BCUT2D eigenvalue weighted by Gasteiger charge is 2.04. The number of benzene rings is 1. The van der Waals surface area contributed by atoms with Crippen LogP contribution in [-0.4, -0.2) is 39.4 Å². The Balaban J connectivity index is 2.66. The zero-order valence-corrected chi connectivity index (χ0v) is 13.5. The molecule has 118 valence electrons. The van der Waals surface area contributed by atoms with Gasteiger partial charge in [0.25, 0.3) is 0 Å². The smallest absolute Gasteiger partial charge is 0.191 e. The largest absolute Gasteiger partial charge is 0.383 e. The van der Waals surface area contributed by atoms with Crippen molar-refractivity contribution in [1.29, 1.82) is 0 Å². The van der Waals surface area contributed by atoms with Crippen molar-refractivity contribution in [2.75, 3.05) is 27.4 Å². The molecule has 0 aliphatic rings. The van der Waals surface area contributed by atoms with Crippen LogP contribution in [0.15, 0.2) is 29.3 Å². The van der Waals surface area contributed by atoms with Gasteiger partial charge in [0, 0.05) is 26.8 Å². The zero-order chi connectivity index (χ0) is 15.5. The summed E-state index contributed by atoms with van der Waals surface area (Å²) in [6.45, 7) is 6.85. The molecule has 5 heteroatoms. The van der Waals surface area contributed by atoms with Crippen molar-refractivity contribution in [3.8, 4) is 0 Å². The van der Waals surface area contributed by atoms with E-state index in [2.05, 4.69) is 47.7 Å². The number of hydrogen-bond donors (Lipinski definition) is 2. The Kier molecular flexibility index (Phi) is 8.47. The van der Waals surface area contributed by atoms with E-state index in [0.717, 1.165) is 18.1 Å². The minimum atomic E-state index is 0.215. The molecule has 0 saturated heterocycles. The molecule has 0 saturated carbocycles. The molecule has 0 aliphatic carbocycles. The SMILES string of the molecule is CCNC(=NCc1cccc(COC)c1)NC(C)COC. The van der Waals surface area contributed by atoms with Crippen molar-refractivity contribution < 1.29 is 9.47 Å². The van der Waals surface area contributed by atoms with Gasteiger partial charge in [-0.1, -0.05) is 24.3 Å². The van der Waals surface area contributed by atoms with Gasteiger partial charge in [-0.3, -0.25) is 0 Å². The van der Waals surface area contributed by atoms with E-state index in [9.17, 15) is 0 Å². The van der Waals surface area contributed by atoms with Gasteiger partial charge in [-0.25, -0.2) is 4.99 Å². The number of nitrogens with zero attached hydrogens (tertiary/aromatic N) is 1. The molecule has 5 nitrogen and oxygen atoms in total. The lowest BCUT2D eigenvalue weighted by Gasteiger charge is -2.17. The van der Waals surface area contributed by atoms with E-state index >= 15 is 0 Å². The van der Waals surface area contributed by atoms with Crippen LogP contribution in [0.2, 0.25) is 0 Å². The van der Waals surface area contributed by atoms with Crippen LogP contribution < -0.4 is 10.6 Å². The molecule has 1 rings (SSSR count). The fourth-order valence-electron chi connectivity index (χ4n) is 2.00. The summed E-state index contributed by atoms with van der Waals surface area (Å²) >= 11 is 0. The molecule has 0 fully saturated rings. The molecule has 0 aromatic heterocycles. The average Bonchev–Trinajstić information content (AvgIpc) is 2.46. The molecule has 1 aromatic rings. The normalized spacial score (nSPS) is 13.0. The molecule has 1 aromatic carbocycles. The second kappa shape index (κ2) is 10.2. The first-order chi connectivity index (χ1) is 10.2. The second-order valence-corrected chi connectivity index (χ2v) is 4.95. The Morgan fingerprint density at radius 1 is 1.24 bits per heavy atom. The van der Waals surface area contributed by atoms with Gasteiger partial charge in [0.1, 0.15) is 0 Å². The fraction of sp³-hybridized carbons (Fsp3) is 0.562. The molecule has 0 heterocycles. The Morgan fingerprint density at radius 3 is 2.67 bits per heavy atom. The standard InChI is InChI=1S/C16H27N3O2/c1-5-17-16(19-13(2)11-20-3)18-10-14-7-6-8-15(9-14)12-21-4/h6-9,13H,5,10-12H2,1-4H3,(H2,17,18,19). The lowest BCUT2D eigenvalue weighted by atomic mass is 10.1. The van der Waals surface area contributed by atoms with Gasteiger partial charge in [0.05, 0.1) is 19.8 Å². The summed E-state index contributed by atoms with van der Waals surface area (Å²) in [5.74, 6) is 0.805. The second-order valence-electron chi connectivity index (χ2n) is 4.95. The van der Waals surface area contributed by atoms with Crippen LogP contribution in [0, 0.1) is 0 Å². The van der Waals surface area contributed by atoms with Gasteiger partial charge in [-0.15, -0.1) is 0 Å². The van der Waals surface area contributed by atoms with Crippen LogP contribution in [0.1, 0.15) is 25.0 Å². The minimum absolute atomic E-state index is 0.215. The predicted molar refractivity (Wildman–Crippen MR) is 86.4 cm³/mol. The summed E-state index contributed by atoms with van der Waals surface area (Å²) in [7, 11) is 3.40. The summed E-state index contributed by atoms with van der Waals surface area (Å²) in [6.07, 6.45) is 0. The topological polar surface area (TPSA) is 54.9 Å². The Hall–Kier alpha value is -1.59. The van der Waals surface area contributed by atoms with Crippen molar-refractivity contribution in [3.05, 3.63) is 35.4 Å². The number of guanidine groups is 1. The summed E-state index contributed by atoms with van der Waals surface area (Å²) in [5.41, 5.74) is 2.33. The molecule has 1 unspecified atom stereocenters. The third-order valence-corrected chi connectivity index (χ3v) is 2.87. The maximum atomic E-state index is 5.15. The molecule has 0 amide bonds. The Labute approximate surface area is 127 Å². The number of aliphatic imine (C=N–C) groups is 1. The van der Waals surface area contributed by atoms with Crippen LogP contribution >= 0.6 is 0 Å². The maximum Gasteiger partial charge on any atom is 0.191 e. The van der Waals surface area contributed by atoms with E-state index in [-0.39, 0.29) is 6.04 Å². The van der Waals surface area contributed by atoms with Crippen LogP contribution in [-0.2, 0) is 22.6 Å². The lowest BCUT2D eigenvalue weighted by Crippen LogP contribution is -2.43. The highest BCUT2D eigenvalue weighted by molar-refractivity contribution is 5.80. The van der Waals surface area contributed by atoms with Gasteiger partial charge in [-0.05, 0) is 25.0 Å². The molecule has 2 N–H and O–H groups in total. The molecule has 0 spiro atoms. The lowest BCUT2D eigenvalue weighted by molar-refractivity contribution is 0.179. The molecular formula is C16H27N3O2. The van der Waals surface area contributed by atoms with E-state index in [0.29, 0.717) is 19.8 Å². The van der Waals surface area contributed by atoms with Gasteiger partial charge < -0.3 is 20.1 Å². The monoisotopic (exact) mass is 293 g/mol. The number of methoxy groups -OCH3 is 2. The number of hydrogen-bond acceptors (Lipinski definition) is 3. The average molecular weight is 293 g/mol. The highest BCUT2D eigenvalue weighted by atomic mass is 16.5. The first-order valence-electron chi connectivity index (χ1n) is 7.30. The number of nitrogens with one attached hydrogen (secondary N) is 2. The number of rotatable bonds is 8. The molecule has 0 aliphatic heterocycles. The van der Waals surface area contributed by atoms with E-state index in [1.54, 1.807) is 14.2 Å². The fourth-order valence-corrected chi connectivity index (χ4v) is 2.00. The summed E-state index contributed by atoms with van der Waals surface area (Å²) in [6, 6.07) is 8.50. The maximum absolute atomic E-state index is 5.15. The quantitative estimate of drug-likeness (QED) is 0.568. The van der Waals surface area contributed by atoms with Crippen LogP contribution in [0.4, 0.5) is 0 Å². The van der Waals surface area contributed by atoms with Crippen molar-refractivity contribution in [2.45, 2.75) is 33.0 Å². The van der Waals surface area contributed by atoms with E-state index in [1.807, 2.05) is 6.07 Å². The minimum Gasteiger partial charge on any atom is -0.383 e. The number of ether oxygens (including phenoxy) is 2. The van der Waals surface area contributed by atoms with Crippen molar-refractivity contribution in [2.24, 2.45) is 4.99 Å². The van der Waals surface area contributed by atoms with Crippen molar-refractivity contribution in [1.82, 2.24) is 10.6 Å². The van der Waals surface area contributed by atoms with Gasteiger partial charge >= 0.3 is 0 Å². The van der Waals surface area contributed by atoms with E-state index in [1.165, 1.54) is 5.56 Å². The van der Waals surface area contributed by atoms with Gasteiger partial charge in [-0.2, -0.15) is 0 Å². The summed E-state index contributed by atoms with van der Waals surface area (Å²) in [4.78, 5) is 4.61. The first-order valence-corrected chi connectivity index (χ1v) is 7.30. The van der Waals surface area contributed by atoms with Gasteiger partial charge in [0.15, 0.2) is 5.96 Å². The molecule has 0 radical (unpaired) electrons. The zero-order valence-electron chi connectivity index (χ0n) is 13.5. The van der Waals surface area contributed by atoms with Crippen molar-refractivity contribution >= 4 is 5.96 Å². The highest BCUT2D eigenvalue weighted by Crippen LogP contribution is 2.07. The molecular weight excluding hydrogens is 266 g/mol. The van der Waals surface area contributed by atoms with E-state index in [4.69, 9.17) is 9.47 Å². The Bertz CT molecular complexity index is 435. The van der Waals surface area contributed by atoms with Gasteiger partial charge in [0.2, 0.25) is 0 Å². The summed E-state index contributed by atoms with van der Waals surface area (Å²) in [5, 5.41) is 6.56. The van der Waals surface area contributed by atoms with Crippen LogP contribution in [0.25, 0.3) is 0 Å². The third-order valence-electron chi connectivity index (χ3n) is 2.87.